The molecule has 0 fully saturated rings. The highest BCUT2D eigenvalue weighted by molar-refractivity contribution is 8.00. The summed E-state index contributed by atoms with van der Waals surface area (Å²) in [6.07, 6.45) is 0.641. The first-order chi connectivity index (χ1) is 11.3. The van der Waals surface area contributed by atoms with E-state index in [1.54, 1.807) is 6.92 Å². The van der Waals surface area contributed by atoms with Crippen molar-refractivity contribution in [1.82, 2.24) is 9.97 Å². The van der Waals surface area contributed by atoms with Gasteiger partial charge >= 0.3 is 0 Å². The molecule has 0 aliphatic heterocycles. The van der Waals surface area contributed by atoms with Crippen LogP contribution in [0.15, 0.2) is 28.2 Å². The molecular weight excluding hydrogens is 322 g/mol. The molecule has 0 saturated heterocycles. The van der Waals surface area contributed by atoms with E-state index in [0.717, 1.165) is 16.8 Å². The number of thioether (sulfide) groups is 1. The van der Waals surface area contributed by atoms with E-state index >= 15 is 0 Å². The minimum absolute atomic E-state index is 0.114. The maximum Gasteiger partial charge on any atom is 0.254 e. The fraction of sp³-hybridized carbons (Fsp3) is 0.389. The van der Waals surface area contributed by atoms with Crippen molar-refractivity contribution >= 4 is 23.4 Å². The first-order valence-electron chi connectivity index (χ1n) is 7.97. The van der Waals surface area contributed by atoms with Crippen LogP contribution in [0.2, 0.25) is 0 Å². The third-order valence-electron chi connectivity index (χ3n) is 3.94. The molecule has 1 amide bonds. The molecule has 0 unspecified atom stereocenters. The number of carbonyl (C=O) groups is 1. The zero-order chi connectivity index (χ0) is 17.9. The summed E-state index contributed by atoms with van der Waals surface area (Å²) in [7, 11) is 0. The molecule has 0 aliphatic carbocycles. The van der Waals surface area contributed by atoms with E-state index < -0.39 is 0 Å². The summed E-state index contributed by atoms with van der Waals surface area (Å²) in [5, 5.41) is 3.07. The van der Waals surface area contributed by atoms with Crippen molar-refractivity contribution in [2.45, 2.75) is 51.4 Å². The zero-order valence-electron chi connectivity index (χ0n) is 14.7. The molecule has 2 N–H and O–H groups in total. The predicted molar refractivity (Wildman–Crippen MR) is 98.8 cm³/mol. The Morgan fingerprint density at radius 1 is 1.29 bits per heavy atom. The van der Waals surface area contributed by atoms with E-state index in [9.17, 15) is 9.59 Å². The highest BCUT2D eigenvalue weighted by Gasteiger charge is 2.18. The van der Waals surface area contributed by atoms with Gasteiger partial charge in [-0.25, -0.2) is 4.98 Å². The van der Waals surface area contributed by atoms with Crippen molar-refractivity contribution in [1.29, 1.82) is 0 Å². The molecule has 0 radical (unpaired) electrons. The number of rotatable bonds is 5. The van der Waals surface area contributed by atoms with E-state index in [0.29, 0.717) is 22.8 Å². The number of aromatic nitrogens is 2. The molecule has 24 heavy (non-hydrogen) atoms. The van der Waals surface area contributed by atoms with Gasteiger partial charge in [-0.15, -0.1) is 0 Å². The predicted octanol–water partition coefficient (Wildman–Crippen LogP) is 3.38. The van der Waals surface area contributed by atoms with Crippen LogP contribution in [0.5, 0.6) is 0 Å². The van der Waals surface area contributed by atoms with Crippen LogP contribution in [0.25, 0.3) is 0 Å². The maximum absolute atomic E-state index is 12.5. The summed E-state index contributed by atoms with van der Waals surface area (Å²) in [5.74, 6) is -0.114. The Morgan fingerprint density at radius 2 is 1.92 bits per heavy atom. The largest absolute Gasteiger partial charge is 0.325 e. The second kappa shape index (κ2) is 7.66. The molecule has 0 spiro atoms. The van der Waals surface area contributed by atoms with Gasteiger partial charge in [-0.1, -0.05) is 36.9 Å². The minimum atomic E-state index is -0.376. The molecular formula is C18H23N3O2S. The maximum atomic E-state index is 12.5. The number of anilines is 1. The number of carbonyl (C=O) groups excluding carboxylic acids is 1. The number of aryl methyl sites for hydroxylation is 3. The van der Waals surface area contributed by atoms with E-state index in [2.05, 4.69) is 15.3 Å². The average molecular weight is 345 g/mol. The van der Waals surface area contributed by atoms with E-state index in [-0.39, 0.29) is 16.7 Å². The molecule has 2 rings (SSSR count). The molecule has 128 valence electrons. The molecule has 1 heterocycles. The van der Waals surface area contributed by atoms with Crippen molar-refractivity contribution in [3.63, 3.8) is 0 Å². The van der Waals surface area contributed by atoms with Crippen LogP contribution >= 0.6 is 11.8 Å². The topological polar surface area (TPSA) is 74.8 Å². The van der Waals surface area contributed by atoms with E-state index in [4.69, 9.17) is 0 Å². The smallest absolute Gasteiger partial charge is 0.254 e. The lowest BCUT2D eigenvalue weighted by molar-refractivity contribution is -0.115. The summed E-state index contributed by atoms with van der Waals surface area (Å²) >= 11 is 1.25. The zero-order valence-corrected chi connectivity index (χ0v) is 15.5. The summed E-state index contributed by atoms with van der Waals surface area (Å²) in [4.78, 5) is 31.6. The Hall–Kier alpha value is -2.08. The molecule has 0 saturated carbocycles. The summed E-state index contributed by atoms with van der Waals surface area (Å²) in [6, 6.07) is 5.89. The van der Waals surface area contributed by atoms with Crippen LogP contribution in [0.1, 0.15) is 36.2 Å². The lowest BCUT2D eigenvalue weighted by Crippen LogP contribution is -2.24. The van der Waals surface area contributed by atoms with Gasteiger partial charge in [0.05, 0.1) is 5.25 Å². The van der Waals surface area contributed by atoms with Gasteiger partial charge in [-0.2, -0.15) is 0 Å². The molecule has 0 bridgehead atoms. The fourth-order valence-electron chi connectivity index (χ4n) is 2.51. The molecule has 6 heteroatoms. The number of benzene rings is 1. The Morgan fingerprint density at radius 3 is 2.46 bits per heavy atom. The van der Waals surface area contributed by atoms with Gasteiger partial charge in [-0.05, 0) is 45.2 Å². The molecule has 2 aromatic rings. The monoisotopic (exact) mass is 345 g/mol. The van der Waals surface area contributed by atoms with Gasteiger partial charge < -0.3 is 10.3 Å². The average Bonchev–Trinajstić information content (AvgIpc) is 2.50. The highest BCUT2D eigenvalue weighted by atomic mass is 32.2. The first kappa shape index (κ1) is 18.3. The van der Waals surface area contributed by atoms with Crippen LogP contribution in [0.3, 0.4) is 0 Å². The molecule has 0 aliphatic rings. The van der Waals surface area contributed by atoms with Crippen molar-refractivity contribution in [2.75, 3.05) is 5.32 Å². The Labute approximate surface area is 146 Å². The standard InChI is InChI=1S/C18H23N3O2S/c1-6-14-12(4)19-18(21-17(14)23)24-13(5)16(22)20-15-10(2)8-7-9-11(15)3/h7-9,13H,6H2,1-5H3,(H,20,22)(H,19,21,23)/t13-/m0/s1. The lowest BCUT2D eigenvalue weighted by atomic mass is 10.1. The van der Waals surface area contributed by atoms with Gasteiger partial charge in [0.2, 0.25) is 5.91 Å². The Balaban J connectivity index is 2.14. The SMILES string of the molecule is CCc1c(C)nc(S[C@@H](C)C(=O)Nc2c(C)cccc2C)[nH]c1=O. The first-order valence-corrected chi connectivity index (χ1v) is 8.85. The molecule has 1 aromatic heterocycles. The normalized spacial score (nSPS) is 12.0. The van der Waals surface area contributed by atoms with Crippen LogP contribution in [-0.4, -0.2) is 21.1 Å². The quantitative estimate of drug-likeness (QED) is 0.643. The molecule has 1 aromatic carbocycles. The Bertz CT molecular complexity index is 794. The minimum Gasteiger partial charge on any atom is -0.325 e. The summed E-state index contributed by atoms with van der Waals surface area (Å²) in [5.41, 5.74) is 4.16. The van der Waals surface area contributed by atoms with Crippen molar-refractivity contribution in [2.24, 2.45) is 0 Å². The molecule has 1 atom stereocenters. The number of nitrogens with one attached hydrogen (secondary N) is 2. The van der Waals surface area contributed by atoms with Crippen molar-refractivity contribution in [3.8, 4) is 0 Å². The van der Waals surface area contributed by atoms with Crippen LogP contribution in [-0.2, 0) is 11.2 Å². The summed E-state index contributed by atoms with van der Waals surface area (Å²) in [6.45, 7) is 9.47. The summed E-state index contributed by atoms with van der Waals surface area (Å²) < 4.78 is 0. The van der Waals surface area contributed by atoms with Gasteiger partial charge in [0.15, 0.2) is 5.16 Å². The molecule has 5 nitrogen and oxygen atoms in total. The van der Waals surface area contributed by atoms with Crippen LogP contribution < -0.4 is 10.9 Å². The number of hydrogen-bond acceptors (Lipinski definition) is 4. The number of aromatic amines is 1. The fourth-order valence-corrected chi connectivity index (χ4v) is 3.36. The second-order valence-electron chi connectivity index (χ2n) is 5.80. The van der Waals surface area contributed by atoms with Crippen molar-refractivity contribution < 1.29 is 4.79 Å². The number of para-hydroxylation sites is 1. The van der Waals surface area contributed by atoms with E-state index in [1.807, 2.05) is 45.9 Å². The lowest BCUT2D eigenvalue weighted by Gasteiger charge is -2.15. The third-order valence-corrected chi connectivity index (χ3v) is 4.93. The third kappa shape index (κ3) is 4.06. The number of nitrogens with zero attached hydrogens (tertiary/aromatic N) is 1. The van der Waals surface area contributed by atoms with E-state index in [1.165, 1.54) is 11.8 Å². The van der Waals surface area contributed by atoms with Gasteiger partial charge in [0, 0.05) is 16.9 Å². The second-order valence-corrected chi connectivity index (χ2v) is 7.13. The van der Waals surface area contributed by atoms with Gasteiger partial charge in [0.25, 0.3) is 5.56 Å². The number of H-pyrrole nitrogens is 1. The Kier molecular flexibility index (Phi) is 5.83. The highest BCUT2D eigenvalue weighted by Crippen LogP contribution is 2.23. The van der Waals surface area contributed by atoms with Gasteiger partial charge in [0.1, 0.15) is 0 Å². The number of amides is 1. The van der Waals surface area contributed by atoms with Gasteiger partial charge in [-0.3, -0.25) is 9.59 Å². The van der Waals surface area contributed by atoms with Crippen LogP contribution in [0.4, 0.5) is 5.69 Å². The van der Waals surface area contributed by atoms with Crippen molar-refractivity contribution in [3.05, 3.63) is 50.9 Å². The number of hydrogen-bond donors (Lipinski definition) is 2. The van der Waals surface area contributed by atoms with Crippen LogP contribution in [0, 0.1) is 20.8 Å².